The van der Waals surface area contributed by atoms with Crippen LogP contribution in [0.25, 0.3) is 0 Å². The van der Waals surface area contributed by atoms with Crippen LogP contribution in [-0.2, 0) is 16.0 Å². The first kappa shape index (κ1) is 13.3. The Hall–Kier alpha value is -1.16. The van der Waals surface area contributed by atoms with Gasteiger partial charge in [-0.1, -0.05) is 6.92 Å². The van der Waals surface area contributed by atoms with E-state index >= 15 is 0 Å². The molecule has 18 heavy (non-hydrogen) atoms. The van der Waals surface area contributed by atoms with Crippen LogP contribution in [0, 0.1) is 0 Å². The summed E-state index contributed by atoms with van der Waals surface area (Å²) < 4.78 is 0. The number of nitrogens with zero attached hydrogens (tertiary/aromatic N) is 1. The van der Waals surface area contributed by atoms with E-state index in [4.69, 9.17) is 0 Å². The first-order valence-electron chi connectivity index (χ1n) is 6.60. The fourth-order valence-electron chi connectivity index (χ4n) is 2.29. The lowest BCUT2D eigenvalue weighted by Gasteiger charge is -2.20. The molecule has 0 aliphatic carbocycles. The average Bonchev–Trinajstić information content (AvgIpc) is 2.77. The maximum atomic E-state index is 12.1. The largest absolute Gasteiger partial charge is 0.311 e. The summed E-state index contributed by atoms with van der Waals surface area (Å²) in [5.41, 5.74) is 1.08. The molecule has 1 aromatic heterocycles. The van der Waals surface area contributed by atoms with Gasteiger partial charge in [-0.15, -0.1) is 11.3 Å². The van der Waals surface area contributed by atoms with Crippen LogP contribution in [0.5, 0.6) is 0 Å². The molecule has 0 unspecified atom stereocenters. The molecule has 0 radical (unpaired) electrons. The summed E-state index contributed by atoms with van der Waals surface area (Å²) in [5.74, 6) is 0.485. The van der Waals surface area contributed by atoms with E-state index in [1.165, 1.54) is 4.88 Å². The van der Waals surface area contributed by atoms with Gasteiger partial charge in [-0.05, 0) is 30.7 Å². The lowest BCUT2D eigenvalue weighted by Crippen LogP contribution is -2.31. The van der Waals surface area contributed by atoms with Gasteiger partial charge in [0.2, 0.25) is 5.91 Å². The summed E-state index contributed by atoms with van der Waals surface area (Å²) in [7, 11) is 0. The lowest BCUT2D eigenvalue weighted by molar-refractivity contribution is -0.120. The van der Waals surface area contributed by atoms with E-state index in [9.17, 15) is 9.59 Å². The van der Waals surface area contributed by atoms with Crippen LogP contribution >= 0.6 is 11.3 Å². The summed E-state index contributed by atoms with van der Waals surface area (Å²) in [4.78, 5) is 26.5. The molecular weight excluding hydrogens is 246 g/mol. The molecule has 2 heterocycles. The quantitative estimate of drug-likeness (QED) is 0.820. The van der Waals surface area contributed by atoms with Crippen molar-refractivity contribution < 1.29 is 9.59 Å². The first-order chi connectivity index (χ1) is 8.72. The van der Waals surface area contributed by atoms with E-state index in [2.05, 4.69) is 0 Å². The van der Waals surface area contributed by atoms with Crippen LogP contribution in [-0.4, -0.2) is 18.2 Å². The molecule has 2 rings (SSSR count). The molecule has 1 aliphatic heterocycles. The first-order valence-corrected chi connectivity index (χ1v) is 7.48. The zero-order valence-corrected chi connectivity index (χ0v) is 11.6. The van der Waals surface area contributed by atoms with E-state index in [1.54, 1.807) is 11.3 Å². The molecule has 0 bridgehead atoms. The second-order valence-electron chi connectivity index (χ2n) is 4.62. The van der Waals surface area contributed by atoms with Crippen LogP contribution in [0.4, 0.5) is 5.69 Å². The van der Waals surface area contributed by atoms with Crippen molar-refractivity contribution in [2.75, 3.05) is 11.4 Å². The summed E-state index contributed by atoms with van der Waals surface area (Å²) in [6, 6.07) is 2.03. The Bertz CT molecular complexity index is 439. The van der Waals surface area contributed by atoms with Crippen LogP contribution < -0.4 is 4.90 Å². The fraction of sp³-hybridized carbons (Fsp3) is 0.571. The molecule has 3 nitrogen and oxygen atoms in total. The highest BCUT2D eigenvalue weighted by Crippen LogP contribution is 2.31. The van der Waals surface area contributed by atoms with Gasteiger partial charge in [0.25, 0.3) is 0 Å². The standard InChI is InChI=1S/C14H19NO2S/c1-2-11(16)5-4-9-15-12-8-10-18-13(12)6-3-7-14(15)17/h8,10H,2-7,9H2,1H3. The Balaban J connectivity index is 2.01. The molecule has 0 saturated carbocycles. The monoisotopic (exact) mass is 265 g/mol. The maximum absolute atomic E-state index is 12.1. The van der Waals surface area contributed by atoms with E-state index in [0.717, 1.165) is 24.9 Å². The number of carbonyl (C=O) groups is 2. The summed E-state index contributed by atoms with van der Waals surface area (Å²) >= 11 is 1.73. The number of hydrogen-bond acceptors (Lipinski definition) is 3. The van der Waals surface area contributed by atoms with Crippen molar-refractivity contribution in [3.63, 3.8) is 0 Å². The van der Waals surface area contributed by atoms with Crippen molar-refractivity contribution in [1.82, 2.24) is 0 Å². The maximum Gasteiger partial charge on any atom is 0.227 e. The van der Waals surface area contributed by atoms with E-state index in [-0.39, 0.29) is 11.7 Å². The number of fused-ring (bicyclic) bond motifs is 1. The summed E-state index contributed by atoms with van der Waals surface area (Å²) in [5, 5.41) is 2.05. The molecular formula is C14H19NO2S. The topological polar surface area (TPSA) is 37.4 Å². The molecule has 98 valence electrons. The predicted molar refractivity (Wildman–Crippen MR) is 74.1 cm³/mol. The second-order valence-corrected chi connectivity index (χ2v) is 5.62. The van der Waals surface area contributed by atoms with Gasteiger partial charge in [-0.25, -0.2) is 0 Å². The van der Waals surface area contributed by atoms with Gasteiger partial charge in [-0.3, -0.25) is 9.59 Å². The third kappa shape index (κ3) is 2.99. The van der Waals surface area contributed by atoms with Gasteiger partial charge in [0.1, 0.15) is 5.78 Å². The number of hydrogen-bond donors (Lipinski definition) is 0. The normalized spacial score (nSPS) is 15.4. The average molecular weight is 265 g/mol. The smallest absolute Gasteiger partial charge is 0.227 e. The predicted octanol–water partition coefficient (Wildman–Crippen LogP) is 3.18. The van der Waals surface area contributed by atoms with E-state index < -0.39 is 0 Å². The number of amides is 1. The van der Waals surface area contributed by atoms with Gasteiger partial charge in [0.05, 0.1) is 5.69 Å². The minimum Gasteiger partial charge on any atom is -0.311 e. The Morgan fingerprint density at radius 3 is 3.06 bits per heavy atom. The molecule has 0 spiro atoms. The van der Waals surface area contributed by atoms with Gasteiger partial charge in [-0.2, -0.15) is 0 Å². The number of ketones is 1. The molecule has 4 heteroatoms. The van der Waals surface area contributed by atoms with Crippen LogP contribution in [0.1, 0.15) is 43.9 Å². The Morgan fingerprint density at radius 2 is 2.28 bits per heavy atom. The highest BCUT2D eigenvalue weighted by atomic mass is 32.1. The minimum atomic E-state index is 0.205. The SMILES string of the molecule is CCC(=O)CCCN1C(=O)CCCc2sccc21. The number of aryl methyl sites for hydroxylation is 1. The number of rotatable bonds is 5. The van der Waals surface area contributed by atoms with Crippen LogP contribution in [0.2, 0.25) is 0 Å². The van der Waals surface area contributed by atoms with E-state index in [1.807, 2.05) is 23.3 Å². The molecule has 0 saturated heterocycles. The highest BCUT2D eigenvalue weighted by Gasteiger charge is 2.22. The van der Waals surface area contributed by atoms with Gasteiger partial charge < -0.3 is 4.90 Å². The van der Waals surface area contributed by atoms with Crippen molar-refractivity contribution >= 4 is 28.7 Å². The van der Waals surface area contributed by atoms with Crippen molar-refractivity contribution in [2.45, 2.75) is 45.4 Å². The number of anilines is 1. The summed E-state index contributed by atoms with van der Waals surface area (Å²) in [6.07, 6.45) is 4.52. The van der Waals surface area contributed by atoms with Gasteiger partial charge in [0, 0.05) is 30.7 Å². The minimum absolute atomic E-state index is 0.205. The Morgan fingerprint density at radius 1 is 1.44 bits per heavy atom. The summed E-state index contributed by atoms with van der Waals surface area (Å²) in [6.45, 7) is 2.56. The zero-order chi connectivity index (χ0) is 13.0. The molecule has 0 aromatic carbocycles. The lowest BCUT2D eigenvalue weighted by atomic mass is 10.1. The van der Waals surface area contributed by atoms with Gasteiger partial charge >= 0.3 is 0 Å². The Kier molecular flexibility index (Phi) is 4.53. The third-order valence-electron chi connectivity index (χ3n) is 3.34. The van der Waals surface area contributed by atoms with Crippen molar-refractivity contribution in [1.29, 1.82) is 0 Å². The fourth-order valence-corrected chi connectivity index (χ4v) is 3.21. The molecule has 1 aliphatic rings. The highest BCUT2D eigenvalue weighted by molar-refractivity contribution is 7.10. The van der Waals surface area contributed by atoms with Crippen LogP contribution in [0.15, 0.2) is 11.4 Å². The van der Waals surface area contributed by atoms with Crippen molar-refractivity contribution in [2.24, 2.45) is 0 Å². The molecule has 0 atom stereocenters. The molecule has 0 fully saturated rings. The van der Waals surface area contributed by atoms with Gasteiger partial charge in [0.15, 0.2) is 0 Å². The Labute approximate surface area is 112 Å². The number of thiophene rings is 1. The number of carbonyl (C=O) groups excluding carboxylic acids is 2. The zero-order valence-electron chi connectivity index (χ0n) is 10.8. The molecule has 1 amide bonds. The molecule has 1 aromatic rings. The van der Waals surface area contributed by atoms with Crippen LogP contribution in [0.3, 0.4) is 0 Å². The number of Topliss-reactive ketones (excluding diaryl/α,β-unsaturated/α-hetero) is 1. The van der Waals surface area contributed by atoms with Crippen molar-refractivity contribution in [3.05, 3.63) is 16.3 Å². The molecule has 0 N–H and O–H groups in total. The van der Waals surface area contributed by atoms with Crippen molar-refractivity contribution in [3.8, 4) is 0 Å². The third-order valence-corrected chi connectivity index (χ3v) is 4.31. The second kappa shape index (κ2) is 6.14. The van der Waals surface area contributed by atoms with E-state index in [0.29, 0.717) is 25.8 Å².